The summed E-state index contributed by atoms with van der Waals surface area (Å²) >= 11 is 12.3. The zero-order chi connectivity index (χ0) is 17.1. The van der Waals surface area contributed by atoms with Crippen LogP contribution in [0.25, 0.3) is 0 Å². The molecule has 0 radical (unpaired) electrons. The predicted molar refractivity (Wildman–Crippen MR) is 98.4 cm³/mol. The van der Waals surface area contributed by atoms with Crippen LogP contribution in [-0.2, 0) is 13.0 Å². The van der Waals surface area contributed by atoms with Gasteiger partial charge in [0.05, 0.1) is 12.2 Å². The molecule has 1 aromatic heterocycles. The fraction of sp³-hybridized carbons (Fsp3) is 0.105. The topological polar surface area (TPSA) is 54.7 Å². The Hall–Kier alpha value is -2.41. The quantitative estimate of drug-likeness (QED) is 0.724. The number of rotatable bonds is 4. The minimum atomic E-state index is 0.496. The highest BCUT2D eigenvalue weighted by Crippen LogP contribution is 2.26. The van der Waals surface area contributed by atoms with Crippen molar-refractivity contribution < 1.29 is 0 Å². The molecule has 0 bridgehead atoms. The molecule has 3 rings (SSSR count). The van der Waals surface area contributed by atoms with Gasteiger partial charge in [-0.25, -0.2) is 0 Å². The second-order valence-corrected chi connectivity index (χ2v) is 6.37. The maximum Gasteiger partial charge on any atom is 0.122 e. The Bertz CT molecular complexity index is 923. The van der Waals surface area contributed by atoms with Crippen LogP contribution in [0.4, 0.5) is 5.69 Å². The summed E-state index contributed by atoms with van der Waals surface area (Å²) in [5, 5.41) is 10.8. The van der Waals surface area contributed by atoms with Crippen LogP contribution < -0.4 is 5.73 Å². The predicted octanol–water partition coefficient (Wildman–Crippen LogP) is 4.89. The largest absolute Gasteiger partial charge is 0.397 e. The molecule has 0 aliphatic heterocycles. The third-order valence-corrected chi connectivity index (χ3v) is 4.51. The highest BCUT2D eigenvalue weighted by atomic mass is 35.5. The lowest BCUT2D eigenvalue weighted by atomic mass is 10.1. The Labute approximate surface area is 150 Å². The van der Waals surface area contributed by atoms with E-state index in [1.807, 2.05) is 53.1 Å². The number of anilines is 1. The molecule has 0 atom stereocenters. The molecule has 120 valence electrons. The van der Waals surface area contributed by atoms with E-state index in [1.165, 1.54) is 0 Å². The van der Waals surface area contributed by atoms with Gasteiger partial charge in [-0.2, -0.15) is 5.26 Å². The van der Waals surface area contributed by atoms with Gasteiger partial charge in [-0.3, -0.25) is 0 Å². The molecule has 5 heteroatoms. The van der Waals surface area contributed by atoms with Crippen molar-refractivity contribution in [1.82, 2.24) is 4.57 Å². The van der Waals surface area contributed by atoms with Crippen molar-refractivity contribution in [3.8, 4) is 6.07 Å². The molecule has 2 aromatic carbocycles. The minimum absolute atomic E-state index is 0.496. The zero-order valence-electron chi connectivity index (χ0n) is 12.8. The molecule has 0 aliphatic carbocycles. The van der Waals surface area contributed by atoms with Crippen LogP contribution in [0.2, 0.25) is 10.0 Å². The second kappa shape index (κ2) is 7.00. The van der Waals surface area contributed by atoms with Crippen molar-refractivity contribution >= 4 is 28.9 Å². The fourth-order valence-corrected chi connectivity index (χ4v) is 3.13. The second-order valence-electron chi connectivity index (χ2n) is 5.53. The normalized spacial score (nSPS) is 10.5. The van der Waals surface area contributed by atoms with Crippen molar-refractivity contribution in [2.45, 2.75) is 13.0 Å². The van der Waals surface area contributed by atoms with Crippen molar-refractivity contribution in [2.75, 3.05) is 5.73 Å². The van der Waals surface area contributed by atoms with E-state index in [-0.39, 0.29) is 0 Å². The maximum absolute atomic E-state index is 9.43. The van der Waals surface area contributed by atoms with Gasteiger partial charge in [0.25, 0.3) is 0 Å². The lowest BCUT2D eigenvalue weighted by Gasteiger charge is -2.13. The molecular formula is C19H15Cl2N3. The number of hydrogen-bond donors (Lipinski definition) is 1. The standard InChI is InChI=1S/C19H15Cl2N3/c20-15-6-3-4-13(8-15)9-19-18(23)10-16(11-22)24(19)12-14-5-1-2-7-17(14)21/h1-8,10H,9,12,23H2. The number of aromatic nitrogens is 1. The van der Waals surface area contributed by atoms with Crippen LogP contribution in [0, 0.1) is 11.3 Å². The SMILES string of the molecule is N#Cc1cc(N)c(Cc2cccc(Cl)c2)n1Cc1ccccc1Cl. The lowest BCUT2D eigenvalue weighted by Crippen LogP contribution is -2.09. The number of nitrogen functional groups attached to an aromatic ring is 1. The third kappa shape index (κ3) is 3.41. The van der Waals surface area contributed by atoms with Gasteiger partial charge in [0.15, 0.2) is 0 Å². The van der Waals surface area contributed by atoms with Crippen LogP contribution >= 0.6 is 23.2 Å². The average molecular weight is 356 g/mol. The molecule has 0 saturated heterocycles. The van der Waals surface area contributed by atoms with Gasteiger partial charge >= 0.3 is 0 Å². The van der Waals surface area contributed by atoms with E-state index < -0.39 is 0 Å². The van der Waals surface area contributed by atoms with Crippen LogP contribution in [0.1, 0.15) is 22.5 Å². The summed E-state index contributed by atoms with van der Waals surface area (Å²) in [4.78, 5) is 0. The third-order valence-electron chi connectivity index (χ3n) is 3.90. The van der Waals surface area contributed by atoms with E-state index in [4.69, 9.17) is 28.9 Å². The van der Waals surface area contributed by atoms with Gasteiger partial charge in [-0.1, -0.05) is 53.5 Å². The van der Waals surface area contributed by atoms with E-state index in [1.54, 1.807) is 6.07 Å². The smallest absolute Gasteiger partial charge is 0.122 e. The Kier molecular flexibility index (Phi) is 4.80. The molecule has 3 aromatic rings. The van der Waals surface area contributed by atoms with Crippen LogP contribution in [0.3, 0.4) is 0 Å². The first-order chi connectivity index (χ1) is 11.6. The maximum atomic E-state index is 9.43. The lowest BCUT2D eigenvalue weighted by molar-refractivity contribution is 0.749. The van der Waals surface area contributed by atoms with Gasteiger partial charge in [0.1, 0.15) is 11.8 Å². The summed E-state index contributed by atoms with van der Waals surface area (Å²) in [6.07, 6.45) is 0.596. The molecule has 0 amide bonds. The van der Waals surface area contributed by atoms with Crippen molar-refractivity contribution in [3.05, 3.63) is 87.2 Å². The minimum Gasteiger partial charge on any atom is -0.397 e. The summed E-state index contributed by atoms with van der Waals surface area (Å²) in [6, 6.07) is 19.1. The fourth-order valence-electron chi connectivity index (χ4n) is 2.72. The molecule has 2 N–H and O–H groups in total. The highest BCUT2D eigenvalue weighted by Gasteiger charge is 2.15. The molecule has 0 spiro atoms. The molecule has 0 aliphatic rings. The van der Waals surface area contributed by atoms with Crippen LogP contribution in [0.15, 0.2) is 54.6 Å². The average Bonchev–Trinajstić information content (AvgIpc) is 2.85. The molecule has 0 saturated carbocycles. The Balaban J connectivity index is 2.02. The zero-order valence-corrected chi connectivity index (χ0v) is 14.3. The Morgan fingerprint density at radius 3 is 2.54 bits per heavy atom. The van der Waals surface area contributed by atoms with Gasteiger partial charge < -0.3 is 10.3 Å². The van der Waals surface area contributed by atoms with Gasteiger partial charge in [0.2, 0.25) is 0 Å². The van der Waals surface area contributed by atoms with E-state index in [0.717, 1.165) is 16.8 Å². The van der Waals surface area contributed by atoms with Crippen LogP contribution in [-0.4, -0.2) is 4.57 Å². The van der Waals surface area contributed by atoms with E-state index >= 15 is 0 Å². The Morgan fingerprint density at radius 2 is 1.83 bits per heavy atom. The summed E-state index contributed by atoms with van der Waals surface area (Å²) in [5.74, 6) is 0. The first kappa shape index (κ1) is 16.4. The number of nitrogens with zero attached hydrogens (tertiary/aromatic N) is 2. The summed E-state index contributed by atoms with van der Waals surface area (Å²) < 4.78 is 1.91. The highest BCUT2D eigenvalue weighted by molar-refractivity contribution is 6.31. The van der Waals surface area contributed by atoms with Crippen molar-refractivity contribution in [1.29, 1.82) is 5.26 Å². The van der Waals surface area contributed by atoms with Crippen LogP contribution in [0.5, 0.6) is 0 Å². The first-order valence-corrected chi connectivity index (χ1v) is 8.20. The number of nitriles is 1. The van der Waals surface area contributed by atoms with Gasteiger partial charge in [0, 0.05) is 22.2 Å². The molecular weight excluding hydrogens is 341 g/mol. The molecule has 24 heavy (non-hydrogen) atoms. The van der Waals surface area contributed by atoms with Crippen molar-refractivity contribution in [2.24, 2.45) is 0 Å². The monoisotopic (exact) mass is 355 g/mol. The van der Waals surface area contributed by atoms with E-state index in [0.29, 0.717) is 34.4 Å². The van der Waals surface area contributed by atoms with Gasteiger partial charge in [-0.15, -0.1) is 0 Å². The number of hydrogen-bond acceptors (Lipinski definition) is 2. The summed E-state index contributed by atoms with van der Waals surface area (Å²) in [7, 11) is 0. The molecule has 3 nitrogen and oxygen atoms in total. The number of nitrogens with two attached hydrogens (primary N) is 1. The summed E-state index contributed by atoms with van der Waals surface area (Å²) in [6.45, 7) is 0.496. The molecule has 0 unspecified atom stereocenters. The number of benzene rings is 2. The first-order valence-electron chi connectivity index (χ1n) is 7.44. The van der Waals surface area contributed by atoms with Crippen molar-refractivity contribution in [3.63, 3.8) is 0 Å². The van der Waals surface area contributed by atoms with Gasteiger partial charge in [-0.05, 0) is 35.4 Å². The summed E-state index contributed by atoms with van der Waals surface area (Å²) in [5.41, 5.74) is 10.1. The van der Waals surface area contributed by atoms with E-state index in [2.05, 4.69) is 6.07 Å². The Morgan fingerprint density at radius 1 is 1.04 bits per heavy atom. The molecule has 1 heterocycles. The van der Waals surface area contributed by atoms with E-state index in [9.17, 15) is 5.26 Å². The number of halogens is 2. The molecule has 0 fully saturated rings.